The molecule has 0 bridgehead atoms. The molecule has 0 radical (unpaired) electrons. The molecule has 0 aromatic rings. The van der Waals surface area contributed by atoms with E-state index in [9.17, 15) is 4.79 Å². The number of amides is 1. The topological polar surface area (TPSA) is 41.1 Å². The molecule has 1 amide bonds. The molecule has 0 atom stereocenters. The Labute approximate surface area is 117 Å². The van der Waals surface area contributed by atoms with Crippen molar-refractivity contribution >= 4 is 5.91 Å². The van der Waals surface area contributed by atoms with Crippen molar-refractivity contribution in [3.8, 4) is 0 Å². The fourth-order valence-corrected chi connectivity index (χ4v) is 3.49. The second kappa shape index (κ2) is 8.57. The molecule has 2 rings (SSSR count). The number of hydrogen-bond donors (Lipinski definition) is 2. The Hall–Kier alpha value is -0.570. The SMILES string of the molecule is O=C(CCC1CCNCC1)NCCC1CCCCC1. The molecule has 1 saturated carbocycles. The van der Waals surface area contributed by atoms with Gasteiger partial charge < -0.3 is 10.6 Å². The first-order chi connectivity index (χ1) is 9.34. The lowest BCUT2D eigenvalue weighted by Gasteiger charge is -2.23. The number of carbonyl (C=O) groups is 1. The molecule has 2 aliphatic rings. The van der Waals surface area contributed by atoms with Gasteiger partial charge in [-0.05, 0) is 50.6 Å². The van der Waals surface area contributed by atoms with E-state index in [0.29, 0.717) is 0 Å². The summed E-state index contributed by atoms with van der Waals surface area (Å²) >= 11 is 0. The molecule has 1 heterocycles. The van der Waals surface area contributed by atoms with Crippen molar-refractivity contribution in [2.45, 2.75) is 64.2 Å². The maximum absolute atomic E-state index is 11.8. The molecule has 0 aromatic heterocycles. The van der Waals surface area contributed by atoms with Gasteiger partial charge in [0.15, 0.2) is 0 Å². The van der Waals surface area contributed by atoms with Crippen LogP contribution in [0, 0.1) is 11.8 Å². The van der Waals surface area contributed by atoms with Crippen LogP contribution in [0.15, 0.2) is 0 Å². The van der Waals surface area contributed by atoms with Crippen LogP contribution in [0.4, 0.5) is 0 Å². The highest BCUT2D eigenvalue weighted by Crippen LogP contribution is 2.25. The second-order valence-electron chi connectivity index (χ2n) is 6.37. The molecule has 1 aliphatic heterocycles. The van der Waals surface area contributed by atoms with Crippen molar-refractivity contribution in [3.05, 3.63) is 0 Å². The summed E-state index contributed by atoms with van der Waals surface area (Å²) in [6.45, 7) is 3.16. The second-order valence-corrected chi connectivity index (χ2v) is 6.37. The summed E-state index contributed by atoms with van der Waals surface area (Å²) in [5.41, 5.74) is 0. The molecule has 0 spiro atoms. The van der Waals surface area contributed by atoms with Crippen LogP contribution in [0.3, 0.4) is 0 Å². The average Bonchev–Trinajstić information content (AvgIpc) is 2.47. The monoisotopic (exact) mass is 266 g/mol. The van der Waals surface area contributed by atoms with Crippen molar-refractivity contribution in [1.82, 2.24) is 10.6 Å². The zero-order valence-corrected chi connectivity index (χ0v) is 12.3. The lowest BCUT2D eigenvalue weighted by molar-refractivity contribution is -0.121. The predicted octanol–water partition coefficient (Wildman–Crippen LogP) is 2.85. The highest BCUT2D eigenvalue weighted by molar-refractivity contribution is 5.75. The molecule has 110 valence electrons. The molecule has 2 N–H and O–H groups in total. The highest BCUT2D eigenvalue weighted by atomic mass is 16.1. The zero-order chi connectivity index (χ0) is 13.3. The van der Waals surface area contributed by atoms with E-state index in [1.54, 1.807) is 0 Å². The van der Waals surface area contributed by atoms with Gasteiger partial charge in [0, 0.05) is 13.0 Å². The van der Waals surface area contributed by atoms with Crippen LogP contribution >= 0.6 is 0 Å². The Balaban J connectivity index is 1.49. The average molecular weight is 266 g/mol. The van der Waals surface area contributed by atoms with Crippen molar-refractivity contribution in [2.24, 2.45) is 11.8 Å². The summed E-state index contributed by atoms with van der Waals surface area (Å²) in [4.78, 5) is 11.8. The summed E-state index contributed by atoms with van der Waals surface area (Å²) in [7, 11) is 0. The maximum atomic E-state index is 11.8. The molecule has 0 unspecified atom stereocenters. The van der Waals surface area contributed by atoms with E-state index in [4.69, 9.17) is 0 Å². The van der Waals surface area contributed by atoms with Gasteiger partial charge in [0.1, 0.15) is 0 Å². The van der Waals surface area contributed by atoms with Crippen LogP contribution in [0.1, 0.15) is 64.2 Å². The van der Waals surface area contributed by atoms with Crippen molar-refractivity contribution in [2.75, 3.05) is 19.6 Å². The largest absolute Gasteiger partial charge is 0.356 e. The minimum atomic E-state index is 0.273. The number of rotatable bonds is 6. The van der Waals surface area contributed by atoms with Gasteiger partial charge in [0.05, 0.1) is 0 Å². The van der Waals surface area contributed by atoms with Gasteiger partial charge in [-0.15, -0.1) is 0 Å². The van der Waals surface area contributed by atoms with E-state index in [1.165, 1.54) is 51.4 Å². The summed E-state index contributed by atoms with van der Waals surface area (Å²) in [6.07, 6.45) is 12.5. The normalized spacial score (nSPS) is 22.3. The zero-order valence-electron chi connectivity index (χ0n) is 12.3. The summed E-state index contributed by atoms with van der Waals surface area (Å²) < 4.78 is 0. The van der Waals surface area contributed by atoms with Crippen LogP contribution in [0.2, 0.25) is 0 Å². The van der Waals surface area contributed by atoms with Crippen LogP contribution in [-0.4, -0.2) is 25.5 Å². The smallest absolute Gasteiger partial charge is 0.220 e. The van der Waals surface area contributed by atoms with Crippen LogP contribution in [0.25, 0.3) is 0 Å². The summed E-state index contributed by atoms with van der Waals surface area (Å²) in [6, 6.07) is 0. The minimum Gasteiger partial charge on any atom is -0.356 e. The lowest BCUT2D eigenvalue weighted by Crippen LogP contribution is -2.30. The van der Waals surface area contributed by atoms with Gasteiger partial charge in [-0.1, -0.05) is 32.1 Å². The van der Waals surface area contributed by atoms with Crippen molar-refractivity contribution < 1.29 is 4.79 Å². The molecule has 2 fully saturated rings. The maximum Gasteiger partial charge on any atom is 0.220 e. The lowest BCUT2D eigenvalue weighted by atomic mass is 9.87. The Bertz CT molecular complexity index is 255. The first-order valence-electron chi connectivity index (χ1n) is 8.32. The fourth-order valence-electron chi connectivity index (χ4n) is 3.49. The molecular formula is C16H30N2O. The third-order valence-corrected chi connectivity index (χ3v) is 4.84. The van der Waals surface area contributed by atoms with Gasteiger partial charge in [-0.2, -0.15) is 0 Å². The van der Waals surface area contributed by atoms with Gasteiger partial charge in [-0.3, -0.25) is 4.79 Å². The van der Waals surface area contributed by atoms with E-state index in [0.717, 1.165) is 44.3 Å². The molecule has 0 aromatic carbocycles. The Kier molecular flexibility index (Phi) is 6.69. The first kappa shape index (κ1) is 14.8. The Morgan fingerprint density at radius 2 is 1.63 bits per heavy atom. The molecular weight excluding hydrogens is 236 g/mol. The number of hydrogen-bond acceptors (Lipinski definition) is 2. The quantitative estimate of drug-likeness (QED) is 0.776. The highest BCUT2D eigenvalue weighted by Gasteiger charge is 2.15. The Morgan fingerprint density at radius 3 is 2.37 bits per heavy atom. The number of carbonyl (C=O) groups excluding carboxylic acids is 1. The van der Waals surface area contributed by atoms with Crippen LogP contribution in [-0.2, 0) is 4.79 Å². The third-order valence-electron chi connectivity index (χ3n) is 4.84. The molecule has 19 heavy (non-hydrogen) atoms. The Morgan fingerprint density at radius 1 is 0.947 bits per heavy atom. The van der Waals surface area contributed by atoms with Gasteiger partial charge in [0.25, 0.3) is 0 Å². The standard InChI is InChI=1S/C16H30N2O/c19-16(7-6-15-8-11-17-12-9-15)18-13-10-14-4-2-1-3-5-14/h14-15,17H,1-13H2,(H,18,19). The van der Waals surface area contributed by atoms with Gasteiger partial charge >= 0.3 is 0 Å². The van der Waals surface area contributed by atoms with E-state index < -0.39 is 0 Å². The van der Waals surface area contributed by atoms with Crippen LogP contribution < -0.4 is 10.6 Å². The minimum absolute atomic E-state index is 0.273. The molecule has 3 heteroatoms. The molecule has 1 saturated heterocycles. The predicted molar refractivity (Wildman–Crippen MR) is 79.0 cm³/mol. The summed E-state index contributed by atoms with van der Waals surface area (Å²) in [5, 5.41) is 6.49. The van der Waals surface area contributed by atoms with Crippen molar-refractivity contribution in [3.63, 3.8) is 0 Å². The van der Waals surface area contributed by atoms with E-state index in [-0.39, 0.29) is 5.91 Å². The van der Waals surface area contributed by atoms with Gasteiger partial charge in [0.2, 0.25) is 5.91 Å². The molecule has 3 nitrogen and oxygen atoms in total. The fraction of sp³-hybridized carbons (Fsp3) is 0.938. The third kappa shape index (κ3) is 5.94. The van der Waals surface area contributed by atoms with Gasteiger partial charge in [-0.25, -0.2) is 0 Å². The van der Waals surface area contributed by atoms with Crippen LogP contribution in [0.5, 0.6) is 0 Å². The van der Waals surface area contributed by atoms with Crippen molar-refractivity contribution in [1.29, 1.82) is 0 Å². The number of nitrogens with one attached hydrogen (secondary N) is 2. The first-order valence-corrected chi connectivity index (χ1v) is 8.32. The van der Waals surface area contributed by atoms with E-state index in [2.05, 4.69) is 10.6 Å². The summed E-state index contributed by atoms with van der Waals surface area (Å²) in [5.74, 6) is 1.91. The molecule has 1 aliphatic carbocycles. The van der Waals surface area contributed by atoms with E-state index >= 15 is 0 Å². The van der Waals surface area contributed by atoms with E-state index in [1.807, 2.05) is 0 Å². The number of piperidine rings is 1.